The van der Waals surface area contributed by atoms with Gasteiger partial charge in [0.15, 0.2) is 0 Å². The molecule has 10 heavy (non-hydrogen) atoms. The zero-order valence-corrected chi connectivity index (χ0v) is 7.22. The summed E-state index contributed by atoms with van der Waals surface area (Å²) in [5.74, 6) is 0.858. The van der Waals surface area contributed by atoms with Crippen LogP contribution in [-0.2, 0) is 0 Å². The zero-order chi connectivity index (χ0) is 7.56. The Kier molecular flexibility index (Phi) is 2.69. The lowest BCUT2D eigenvalue weighted by Gasteiger charge is -2.34. The molecule has 0 aromatic heterocycles. The highest BCUT2D eigenvalue weighted by molar-refractivity contribution is 4.80. The van der Waals surface area contributed by atoms with Gasteiger partial charge in [0.25, 0.3) is 0 Å². The van der Waals surface area contributed by atoms with Crippen molar-refractivity contribution in [1.29, 1.82) is 0 Å². The summed E-state index contributed by atoms with van der Waals surface area (Å²) in [4.78, 5) is 2.32. The Balaban J connectivity index is 2.40. The standard InChI is InChI=1S/C8H18N2/c1-7-4-5-9-6-8(7)10(2)3/h7-9H,4-6H2,1-3H3/t7-,8+/m1/s1. The summed E-state index contributed by atoms with van der Waals surface area (Å²) in [7, 11) is 4.32. The van der Waals surface area contributed by atoms with E-state index in [1.54, 1.807) is 0 Å². The molecule has 0 saturated carbocycles. The van der Waals surface area contributed by atoms with Crippen LogP contribution in [0.15, 0.2) is 0 Å². The van der Waals surface area contributed by atoms with Gasteiger partial charge in [-0.1, -0.05) is 6.92 Å². The van der Waals surface area contributed by atoms with Crippen LogP contribution in [0.25, 0.3) is 0 Å². The normalized spacial score (nSPS) is 34.8. The summed E-state index contributed by atoms with van der Waals surface area (Å²) in [6.07, 6.45) is 1.32. The Bertz CT molecular complexity index is 101. The Morgan fingerprint density at radius 3 is 2.50 bits per heavy atom. The van der Waals surface area contributed by atoms with E-state index >= 15 is 0 Å². The third kappa shape index (κ3) is 1.70. The quantitative estimate of drug-likeness (QED) is 0.575. The second kappa shape index (κ2) is 3.35. The lowest BCUT2D eigenvalue weighted by molar-refractivity contribution is 0.180. The van der Waals surface area contributed by atoms with Crippen LogP contribution in [0, 0.1) is 5.92 Å². The van der Waals surface area contributed by atoms with Crippen molar-refractivity contribution in [1.82, 2.24) is 10.2 Å². The molecule has 0 amide bonds. The molecule has 1 rings (SSSR count). The topological polar surface area (TPSA) is 15.3 Å². The minimum absolute atomic E-state index is 0.744. The van der Waals surface area contributed by atoms with E-state index in [9.17, 15) is 0 Å². The highest BCUT2D eigenvalue weighted by Crippen LogP contribution is 2.14. The number of piperidine rings is 1. The van der Waals surface area contributed by atoms with Gasteiger partial charge in [0.1, 0.15) is 0 Å². The predicted molar refractivity (Wildman–Crippen MR) is 44.1 cm³/mol. The van der Waals surface area contributed by atoms with E-state index in [-0.39, 0.29) is 0 Å². The summed E-state index contributed by atoms with van der Waals surface area (Å²) in [6.45, 7) is 4.70. The summed E-state index contributed by atoms with van der Waals surface area (Å²) in [6, 6.07) is 0.744. The Morgan fingerprint density at radius 2 is 2.10 bits per heavy atom. The summed E-state index contributed by atoms with van der Waals surface area (Å²) >= 11 is 0. The summed E-state index contributed by atoms with van der Waals surface area (Å²) in [5.41, 5.74) is 0. The molecule has 1 saturated heterocycles. The van der Waals surface area contributed by atoms with Crippen LogP contribution in [-0.4, -0.2) is 38.1 Å². The molecule has 60 valence electrons. The molecule has 2 atom stereocenters. The number of hydrogen-bond acceptors (Lipinski definition) is 2. The van der Waals surface area contributed by atoms with Crippen LogP contribution < -0.4 is 5.32 Å². The first kappa shape index (κ1) is 8.02. The van der Waals surface area contributed by atoms with Gasteiger partial charge in [-0.05, 0) is 33.0 Å². The largest absolute Gasteiger partial charge is 0.315 e. The number of likely N-dealkylation sites (N-methyl/N-ethyl adjacent to an activating group) is 1. The summed E-state index contributed by atoms with van der Waals surface area (Å²) in [5, 5.41) is 3.40. The van der Waals surface area contributed by atoms with Gasteiger partial charge in [-0.15, -0.1) is 0 Å². The lowest BCUT2D eigenvalue weighted by Crippen LogP contribution is -2.47. The van der Waals surface area contributed by atoms with Crippen LogP contribution in [0.4, 0.5) is 0 Å². The number of rotatable bonds is 1. The number of hydrogen-bond donors (Lipinski definition) is 1. The fourth-order valence-corrected chi connectivity index (χ4v) is 1.66. The first-order valence-electron chi connectivity index (χ1n) is 4.09. The van der Waals surface area contributed by atoms with Crippen molar-refractivity contribution in [2.45, 2.75) is 19.4 Å². The van der Waals surface area contributed by atoms with Gasteiger partial charge in [0.2, 0.25) is 0 Å². The third-order valence-corrected chi connectivity index (χ3v) is 2.45. The fourth-order valence-electron chi connectivity index (χ4n) is 1.66. The monoisotopic (exact) mass is 142 g/mol. The Labute approximate surface area is 63.6 Å². The smallest absolute Gasteiger partial charge is 0.0240 e. The van der Waals surface area contributed by atoms with Crippen molar-refractivity contribution >= 4 is 0 Å². The average Bonchev–Trinajstić information content (AvgIpc) is 1.88. The fraction of sp³-hybridized carbons (Fsp3) is 1.00. The Morgan fingerprint density at radius 1 is 1.40 bits per heavy atom. The van der Waals surface area contributed by atoms with E-state index in [2.05, 4.69) is 31.2 Å². The van der Waals surface area contributed by atoms with E-state index in [0.717, 1.165) is 18.5 Å². The highest BCUT2D eigenvalue weighted by atomic mass is 15.1. The zero-order valence-electron chi connectivity index (χ0n) is 7.22. The first-order chi connectivity index (χ1) is 4.72. The van der Waals surface area contributed by atoms with Crippen LogP contribution in [0.5, 0.6) is 0 Å². The molecule has 2 nitrogen and oxygen atoms in total. The maximum atomic E-state index is 3.40. The van der Waals surface area contributed by atoms with Crippen molar-refractivity contribution < 1.29 is 0 Å². The first-order valence-corrected chi connectivity index (χ1v) is 4.09. The molecule has 0 aliphatic carbocycles. The van der Waals surface area contributed by atoms with Crippen LogP contribution in [0.2, 0.25) is 0 Å². The molecule has 1 N–H and O–H groups in total. The van der Waals surface area contributed by atoms with E-state index in [1.165, 1.54) is 13.0 Å². The molecular formula is C8H18N2. The molecule has 1 aliphatic rings. The SMILES string of the molecule is C[C@@H]1CCNC[C@@H]1N(C)C. The van der Waals surface area contributed by atoms with Crippen LogP contribution >= 0.6 is 0 Å². The van der Waals surface area contributed by atoms with E-state index in [0.29, 0.717) is 0 Å². The summed E-state index contributed by atoms with van der Waals surface area (Å²) < 4.78 is 0. The van der Waals surface area contributed by atoms with Gasteiger partial charge in [-0.25, -0.2) is 0 Å². The molecule has 0 aromatic rings. The maximum absolute atomic E-state index is 3.40. The molecule has 0 aromatic carbocycles. The van der Waals surface area contributed by atoms with Crippen molar-refractivity contribution in [3.63, 3.8) is 0 Å². The van der Waals surface area contributed by atoms with Gasteiger partial charge in [-0.3, -0.25) is 0 Å². The number of nitrogens with zero attached hydrogens (tertiary/aromatic N) is 1. The van der Waals surface area contributed by atoms with E-state index in [4.69, 9.17) is 0 Å². The minimum Gasteiger partial charge on any atom is -0.315 e. The predicted octanol–water partition coefficient (Wildman–Crippen LogP) is 0.546. The van der Waals surface area contributed by atoms with Gasteiger partial charge in [-0.2, -0.15) is 0 Å². The molecule has 1 fully saturated rings. The number of nitrogens with one attached hydrogen (secondary N) is 1. The second-order valence-electron chi connectivity index (χ2n) is 3.50. The molecule has 0 radical (unpaired) electrons. The third-order valence-electron chi connectivity index (χ3n) is 2.45. The van der Waals surface area contributed by atoms with Crippen molar-refractivity contribution in [3.8, 4) is 0 Å². The van der Waals surface area contributed by atoms with E-state index < -0.39 is 0 Å². The molecule has 0 spiro atoms. The molecule has 2 heteroatoms. The van der Waals surface area contributed by atoms with E-state index in [1.807, 2.05) is 0 Å². The van der Waals surface area contributed by atoms with Gasteiger partial charge in [0, 0.05) is 12.6 Å². The van der Waals surface area contributed by atoms with Crippen molar-refractivity contribution in [2.24, 2.45) is 5.92 Å². The van der Waals surface area contributed by atoms with Crippen molar-refractivity contribution in [3.05, 3.63) is 0 Å². The molecule has 0 unspecified atom stereocenters. The minimum atomic E-state index is 0.744. The molecule has 1 heterocycles. The van der Waals surface area contributed by atoms with Crippen LogP contribution in [0.1, 0.15) is 13.3 Å². The van der Waals surface area contributed by atoms with Gasteiger partial charge >= 0.3 is 0 Å². The molecule has 1 aliphatic heterocycles. The van der Waals surface area contributed by atoms with Gasteiger partial charge < -0.3 is 10.2 Å². The average molecular weight is 142 g/mol. The lowest BCUT2D eigenvalue weighted by atomic mass is 9.94. The molecular weight excluding hydrogens is 124 g/mol. The highest BCUT2D eigenvalue weighted by Gasteiger charge is 2.21. The van der Waals surface area contributed by atoms with Crippen LogP contribution in [0.3, 0.4) is 0 Å². The maximum Gasteiger partial charge on any atom is 0.0240 e. The molecule has 0 bridgehead atoms. The van der Waals surface area contributed by atoms with Crippen molar-refractivity contribution in [2.75, 3.05) is 27.2 Å². The van der Waals surface area contributed by atoms with Gasteiger partial charge in [0.05, 0.1) is 0 Å². The Hall–Kier alpha value is -0.0800. The second-order valence-corrected chi connectivity index (χ2v) is 3.50.